The lowest BCUT2D eigenvalue weighted by atomic mass is 10.3. The first-order valence-corrected chi connectivity index (χ1v) is 5.44. The summed E-state index contributed by atoms with van der Waals surface area (Å²) in [5.74, 6) is 0.544. The number of carbonyl (C=O) groups excluding carboxylic acids is 1. The van der Waals surface area contributed by atoms with Gasteiger partial charge in [0, 0.05) is 0 Å². The molecule has 1 aromatic heterocycles. The molecular formula is C11H18N2O3. The number of unbranched alkanes of at least 4 members (excludes halogenated alkanes) is 1. The van der Waals surface area contributed by atoms with Gasteiger partial charge < -0.3 is 9.84 Å². The summed E-state index contributed by atoms with van der Waals surface area (Å²) in [6.07, 6.45) is 1.35. The molecule has 0 spiro atoms. The van der Waals surface area contributed by atoms with Crippen molar-refractivity contribution in [3.05, 3.63) is 17.2 Å². The third-order valence-corrected chi connectivity index (χ3v) is 2.40. The number of aliphatic hydroxyl groups excluding tert-OH is 1. The van der Waals surface area contributed by atoms with Gasteiger partial charge in [-0.05, 0) is 20.3 Å². The molecule has 16 heavy (non-hydrogen) atoms. The minimum absolute atomic E-state index is 0.213. The molecule has 0 aliphatic carbocycles. The van der Waals surface area contributed by atoms with Gasteiger partial charge in [-0.15, -0.1) is 0 Å². The van der Waals surface area contributed by atoms with Crippen LogP contribution in [-0.2, 0) is 11.3 Å². The molecule has 5 heteroatoms. The van der Waals surface area contributed by atoms with E-state index in [0.717, 1.165) is 12.8 Å². The van der Waals surface area contributed by atoms with E-state index in [9.17, 15) is 4.79 Å². The number of ether oxygens (including phenoxy) is 1. The van der Waals surface area contributed by atoms with Gasteiger partial charge in [-0.2, -0.15) is 0 Å². The highest BCUT2D eigenvalue weighted by molar-refractivity contribution is 5.72. The summed E-state index contributed by atoms with van der Waals surface area (Å²) in [6, 6.07) is 0. The second-order valence-corrected chi connectivity index (χ2v) is 3.65. The Morgan fingerprint density at radius 2 is 2.19 bits per heavy atom. The summed E-state index contributed by atoms with van der Waals surface area (Å²) in [7, 11) is 0. The Balaban J connectivity index is 2.81. The van der Waals surface area contributed by atoms with Gasteiger partial charge in [0.1, 0.15) is 5.82 Å². The number of aromatic nitrogens is 2. The van der Waals surface area contributed by atoms with E-state index in [1.54, 1.807) is 13.8 Å². The number of carbonyl (C=O) groups is 1. The Morgan fingerprint density at radius 1 is 1.50 bits per heavy atom. The van der Waals surface area contributed by atoms with Crippen LogP contribution in [0.2, 0.25) is 0 Å². The van der Waals surface area contributed by atoms with Crippen molar-refractivity contribution in [3.63, 3.8) is 0 Å². The number of nitrogens with zero attached hydrogens (tertiary/aromatic N) is 2. The molecule has 90 valence electrons. The maximum Gasteiger partial charge on any atom is 0.419 e. The number of rotatable bonds is 4. The molecule has 0 radical (unpaired) electrons. The summed E-state index contributed by atoms with van der Waals surface area (Å²) in [5, 5.41) is 9.16. The Bertz CT molecular complexity index is 372. The molecule has 0 fully saturated rings. The van der Waals surface area contributed by atoms with Crippen LogP contribution in [-0.4, -0.2) is 27.4 Å². The first-order valence-electron chi connectivity index (χ1n) is 5.44. The van der Waals surface area contributed by atoms with E-state index in [1.165, 1.54) is 4.57 Å². The van der Waals surface area contributed by atoms with Crippen molar-refractivity contribution in [2.45, 2.75) is 40.2 Å². The topological polar surface area (TPSA) is 64.4 Å². The van der Waals surface area contributed by atoms with Crippen molar-refractivity contribution in [2.24, 2.45) is 0 Å². The zero-order valence-electron chi connectivity index (χ0n) is 9.99. The Kier molecular flexibility index (Phi) is 4.49. The predicted molar refractivity (Wildman–Crippen MR) is 59.3 cm³/mol. The highest BCUT2D eigenvalue weighted by Gasteiger charge is 2.17. The Hall–Kier alpha value is -1.36. The second kappa shape index (κ2) is 5.65. The SMILES string of the molecule is CCCCOC(=O)n1c(C)nc(C)c1CO. The smallest absolute Gasteiger partial charge is 0.419 e. The molecule has 0 unspecified atom stereocenters. The maximum atomic E-state index is 11.7. The van der Waals surface area contributed by atoms with Crippen molar-refractivity contribution >= 4 is 6.09 Å². The number of hydrogen-bond acceptors (Lipinski definition) is 4. The van der Waals surface area contributed by atoms with Crippen LogP contribution in [0, 0.1) is 13.8 Å². The maximum absolute atomic E-state index is 11.7. The molecule has 0 saturated carbocycles. The molecular weight excluding hydrogens is 208 g/mol. The van der Waals surface area contributed by atoms with E-state index in [2.05, 4.69) is 4.98 Å². The Labute approximate surface area is 95.1 Å². The van der Waals surface area contributed by atoms with Gasteiger partial charge in [-0.3, -0.25) is 0 Å². The van der Waals surface area contributed by atoms with E-state index in [-0.39, 0.29) is 6.61 Å². The lowest BCUT2D eigenvalue weighted by Gasteiger charge is -2.08. The predicted octanol–water partition coefficient (Wildman–Crippen LogP) is 1.78. The summed E-state index contributed by atoms with van der Waals surface area (Å²) >= 11 is 0. The van der Waals surface area contributed by atoms with Crippen LogP contribution in [0.5, 0.6) is 0 Å². The molecule has 5 nitrogen and oxygen atoms in total. The van der Waals surface area contributed by atoms with Crippen LogP contribution in [0.15, 0.2) is 0 Å². The summed E-state index contributed by atoms with van der Waals surface area (Å²) < 4.78 is 6.40. The van der Waals surface area contributed by atoms with Crippen molar-refractivity contribution in [1.29, 1.82) is 0 Å². The fourth-order valence-electron chi connectivity index (χ4n) is 1.51. The standard InChI is InChI=1S/C11H18N2O3/c1-4-5-6-16-11(15)13-9(3)12-8(2)10(13)7-14/h14H,4-7H2,1-3H3. The fraction of sp³-hybridized carbons (Fsp3) is 0.636. The molecule has 1 N–H and O–H groups in total. The second-order valence-electron chi connectivity index (χ2n) is 3.65. The Morgan fingerprint density at radius 3 is 2.75 bits per heavy atom. The highest BCUT2D eigenvalue weighted by atomic mass is 16.5. The summed E-state index contributed by atoms with van der Waals surface area (Å²) in [5.41, 5.74) is 1.16. The summed E-state index contributed by atoms with van der Waals surface area (Å²) in [4.78, 5) is 15.9. The molecule has 0 saturated heterocycles. The number of aryl methyl sites for hydroxylation is 2. The van der Waals surface area contributed by atoms with Crippen molar-refractivity contribution in [1.82, 2.24) is 9.55 Å². The third-order valence-electron chi connectivity index (χ3n) is 2.40. The average Bonchev–Trinajstić information content (AvgIpc) is 2.53. The molecule has 0 amide bonds. The van der Waals surface area contributed by atoms with Gasteiger partial charge >= 0.3 is 6.09 Å². The van der Waals surface area contributed by atoms with E-state index < -0.39 is 6.09 Å². The van der Waals surface area contributed by atoms with E-state index in [0.29, 0.717) is 23.8 Å². The lowest BCUT2D eigenvalue weighted by Crippen LogP contribution is -2.18. The number of aliphatic hydroxyl groups is 1. The zero-order chi connectivity index (χ0) is 12.1. The third kappa shape index (κ3) is 2.61. The quantitative estimate of drug-likeness (QED) is 0.795. The van der Waals surface area contributed by atoms with Crippen LogP contribution < -0.4 is 0 Å². The normalized spacial score (nSPS) is 10.5. The molecule has 0 aliphatic rings. The van der Waals surface area contributed by atoms with Crippen LogP contribution >= 0.6 is 0 Å². The molecule has 1 aromatic rings. The van der Waals surface area contributed by atoms with E-state index in [4.69, 9.17) is 9.84 Å². The number of hydrogen-bond donors (Lipinski definition) is 1. The van der Waals surface area contributed by atoms with Crippen molar-refractivity contribution in [2.75, 3.05) is 6.61 Å². The van der Waals surface area contributed by atoms with Gasteiger partial charge in [0.25, 0.3) is 0 Å². The van der Waals surface area contributed by atoms with Gasteiger partial charge in [-0.1, -0.05) is 13.3 Å². The molecule has 0 bridgehead atoms. The highest BCUT2D eigenvalue weighted by Crippen LogP contribution is 2.11. The van der Waals surface area contributed by atoms with Crippen LogP contribution in [0.1, 0.15) is 37.0 Å². The minimum atomic E-state index is -0.462. The zero-order valence-corrected chi connectivity index (χ0v) is 9.99. The minimum Gasteiger partial charge on any atom is -0.449 e. The lowest BCUT2D eigenvalue weighted by molar-refractivity contribution is 0.143. The molecule has 1 heterocycles. The van der Waals surface area contributed by atoms with Gasteiger partial charge in [0.15, 0.2) is 0 Å². The first-order chi connectivity index (χ1) is 7.61. The number of imidazole rings is 1. The fourth-order valence-corrected chi connectivity index (χ4v) is 1.51. The molecule has 1 rings (SSSR count). The van der Waals surface area contributed by atoms with E-state index in [1.807, 2.05) is 6.92 Å². The van der Waals surface area contributed by atoms with E-state index >= 15 is 0 Å². The van der Waals surface area contributed by atoms with Crippen LogP contribution in [0.3, 0.4) is 0 Å². The van der Waals surface area contributed by atoms with Crippen LogP contribution in [0.4, 0.5) is 4.79 Å². The van der Waals surface area contributed by atoms with Crippen LogP contribution in [0.25, 0.3) is 0 Å². The first kappa shape index (κ1) is 12.7. The molecule has 0 aromatic carbocycles. The average molecular weight is 226 g/mol. The van der Waals surface area contributed by atoms with Crippen molar-refractivity contribution in [3.8, 4) is 0 Å². The van der Waals surface area contributed by atoms with Gasteiger partial charge in [0.05, 0.1) is 24.6 Å². The largest absolute Gasteiger partial charge is 0.449 e. The van der Waals surface area contributed by atoms with Crippen molar-refractivity contribution < 1.29 is 14.6 Å². The monoisotopic (exact) mass is 226 g/mol. The van der Waals surface area contributed by atoms with Gasteiger partial charge in [0.2, 0.25) is 0 Å². The van der Waals surface area contributed by atoms with Gasteiger partial charge in [-0.25, -0.2) is 14.3 Å². The molecule has 0 aliphatic heterocycles. The molecule has 0 atom stereocenters. The summed E-state index contributed by atoms with van der Waals surface area (Å²) in [6.45, 7) is 5.69.